The minimum Gasteiger partial charge on any atom is -0.467 e. The highest BCUT2D eigenvalue weighted by Crippen LogP contribution is 2.27. The second-order valence-corrected chi connectivity index (χ2v) is 9.50. The Kier molecular flexibility index (Phi) is 5.12. The van der Waals surface area contributed by atoms with Gasteiger partial charge in [-0.15, -0.1) is 0 Å². The predicted octanol–water partition coefficient (Wildman–Crippen LogP) is 1.40. The first-order valence-electron chi connectivity index (χ1n) is 11.1. The van der Waals surface area contributed by atoms with Crippen LogP contribution < -0.4 is 5.56 Å². The van der Waals surface area contributed by atoms with Crippen molar-refractivity contribution in [3.05, 3.63) is 57.5 Å². The summed E-state index contributed by atoms with van der Waals surface area (Å²) >= 11 is 0. The minimum absolute atomic E-state index is 0.0538. The van der Waals surface area contributed by atoms with E-state index in [-0.39, 0.29) is 48.1 Å². The molecule has 0 radical (unpaired) electrons. The van der Waals surface area contributed by atoms with Crippen LogP contribution in [0.2, 0.25) is 0 Å². The van der Waals surface area contributed by atoms with Crippen LogP contribution in [0, 0.1) is 0 Å². The SMILES string of the molecule is CC(C)(C)c1cc2n(CC(=O)N3CCOCC3)c3c(c(=O)n2n1)CN(Cc1ccco1)C3=O. The van der Waals surface area contributed by atoms with Gasteiger partial charge in [-0.2, -0.15) is 9.61 Å². The Hall–Kier alpha value is -3.40. The average molecular weight is 453 g/mol. The van der Waals surface area contributed by atoms with Gasteiger partial charge in [0.2, 0.25) is 5.91 Å². The van der Waals surface area contributed by atoms with Crippen molar-refractivity contribution in [2.24, 2.45) is 0 Å². The highest BCUT2D eigenvalue weighted by atomic mass is 16.5. The molecule has 0 unspecified atom stereocenters. The van der Waals surface area contributed by atoms with Crippen LogP contribution in [0.1, 0.15) is 48.3 Å². The van der Waals surface area contributed by atoms with E-state index < -0.39 is 0 Å². The smallest absolute Gasteiger partial charge is 0.280 e. The normalized spacial score (nSPS) is 16.6. The van der Waals surface area contributed by atoms with Gasteiger partial charge in [0.1, 0.15) is 23.6 Å². The highest BCUT2D eigenvalue weighted by Gasteiger charge is 2.36. The molecule has 10 heteroatoms. The lowest BCUT2D eigenvalue weighted by molar-refractivity contribution is -0.135. The molecule has 0 aliphatic carbocycles. The topological polar surface area (TPSA) is 102 Å². The van der Waals surface area contributed by atoms with Crippen molar-refractivity contribution in [2.45, 2.75) is 45.8 Å². The van der Waals surface area contributed by atoms with Gasteiger partial charge in [0, 0.05) is 24.6 Å². The molecule has 2 aliphatic rings. The summed E-state index contributed by atoms with van der Waals surface area (Å²) < 4.78 is 13.7. The van der Waals surface area contributed by atoms with E-state index in [0.29, 0.717) is 43.3 Å². The van der Waals surface area contributed by atoms with Crippen molar-refractivity contribution in [3.8, 4) is 0 Å². The first kappa shape index (κ1) is 21.4. The predicted molar refractivity (Wildman–Crippen MR) is 118 cm³/mol. The zero-order valence-electron chi connectivity index (χ0n) is 19.0. The van der Waals surface area contributed by atoms with Crippen molar-refractivity contribution in [3.63, 3.8) is 0 Å². The van der Waals surface area contributed by atoms with Crippen LogP contribution in [0.5, 0.6) is 0 Å². The first-order valence-corrected chi connectivity index (χ1v) is 11.1. The zero-order chi connectivity index (χ0) is 23.3. The fraction of sp³-hybridized carbons (Fsp3) is 0.478. The maximum atomic E-state index is 13.5. The largest absolute Gasteiger partial charge is 0.467 e. The Morgan fingerprint density at radius 2 is 1.94 bits per heavy atom. The zero-order valence-corrected chi connectivity index (χ0v) is 19.0. The molecule has 0 saturated carbocycles. The van der Waals surface area contributed by atoms with E-state index in [1.165, 1.54) is 4.52 Å². The highest BCUT2D eigenvalue weighted by molar-refractivity contribution is 5.97. The van der Waals surface area contributed by atoms with Crippen LogP contribution in [0.15, 0.2) is 33.7 Å². The van der Waals surface area contributed by atoms with Gasteiger partial charge in [-0.25, -0.2) is 0 Å². The van der Waals surface area contributed by atoms with Gasteiger partial charge in [-0.3, -0.25) is 14.4 Å². The monoisotopic (exact) mass is 453 g/mol. The third-order valence-corrected chi connectivity index (χ3v) is 6.16. The number of carbonyl (C=O) groups is 2. The van der Waals surface area contributed by atoms with Gasteiger partial charge >= 0.3 is 0 Å². The standard InChI is InChI=1S/C23H27N5O5/c1-23(2,3)17-11-18-27(14-19(29)25-6-9-32-10-7-25)20-16(21(30)28(18)24-17)13-26(22(20)31)12-15-5-4-8-33-15/h4-5,8,11H,6-7,9-10,12-14H2,1-3H3. The van der Waals surface area contributed by atoms with Crippen LogP contribution >= 0.6 is 0 Å². The molecule has 3 aromatic heterocycles. The summed E-state index contributed by atoms with van der Waals surface area (Å²) in [6.45, 7) is 8.32. The molecule has 10 nitrogen and oxygen atoms in total. The summed E-state index contributed by atoms with van der Waals surface area (Å²) in [6.07, 6.45) is 1.55. The molecule has 1 fully saturated rings. The van der Waals surface area contributed by atoms with Crippen LogP contribution in [0.4, 0.5) is 0 Å². The molecular formula is C23H27N5O5. The van der Waals surface area contributed by atoms with Crippen molar-refractivity contribution in [2.75, 3.05) is 26.3 Å². The lowest BCUT2D eigenvalue weighted by atomic mass is 9.93. The Bertz CT molecular complexity index is 1280. The van der Waals surface area contributed by atoms with E-state index in [9.17, 15) is 14.4 Å². The van der Waals surface area contributed by atoms with E-state index in [1.807, 2.05) is 20.8 Å². The molecule has 2 aliphatic heterocycles. The third-order valence-electron chi connectivity index (χ3n) is 6.16. The molecule has 0 spiro atoms. The van der Waals surface area contributed by atoms with E-state index in [4.69, 9.17) is 9.15 Å². The summed E-state index contributed by atoms with van der Waals surface area (Å²) in [4.78, 5) is 43.3. The summed E-state index contributed by atoms with van der Waals surface area (Å²) in [5.74, 6) is 0.204. The number of hydrogen-bond acceptors (Lipinski definition) is 6. The number of furan rings is 1. The van der Waals surface area contributed by atoms with Gasteiger partial charge in [-0.05, 0) is 12.1 Å². The molecule has 0 aromatic carbocycles. The summed E-state index contributed by atoms with van der Waals surface area (Å²) in [5.41, 5.74) is 1.12. The average Bonchev–Trinajstić information content (AvgIpc) is 3.52. The minimum atomic E-state index is -0.333. The first-order chi connectivity index (χ1) is 15.7. The molecule has 174 valence electrons. The lowest BCUT2D eigenvalue weighted by Crippen LogP contribution is -2.43. The molecule has 1 saturated heterocycles. The fourth-order valence-electron chi connectivity index (χ4n) is 4.31. The molecule has 0 N–H and O–H groups in total. The molecule has 3 aromatic rings. The fourth-order valence-corrected chi connectivity index (χ4v) is 4.31. The maximum absolute atomic E-state index is 13.5. The Balaban J connectivity index is 1.61. The number of carbonyl (C=O) groups excluding carboxylic acids is 2. The number of nitrogens with zero attached hydrogens (tertiary/aromatic N) is 5. The number of aromatic nitrogens is 3. The molecule has 5 rings (SSSR count). The van der Waals surface area contributed by atoms with Crippen LogP contribution in [-0.4, -0.2) is 62.1 Å². The second kappa shape index (κ2) is 7.87. The van der Waals surface area contributed by atoms with E-state index in [1.54, 1.807) is 38.8 Å². The van der Waals surface area contributed by atoms with Crippen molar-refractivity contribution in [1.29, 1.82) is 0 Å². The van der Waals surface area contributed by atoms with Crippen molar-refractivity contribution >= 4 is 17.5 Å². The van der Waals surface area contributed by atoms with Crippen LogP contribution in [-0.2, 0) is 34.6 Å². The number of fused-ring (bicyclic) bond motifs is 2. The molecule has 0 atom stereocenters. The lowest BCUT2D eigenvalue weighted by Gasteiger charge is -2.27. The van der Waals surface area contributed by atoms with Gasteiger partial charge in [-0.1, -0.05) is 20.8 Å². The van der Waals surface area contributed by atoms with Gasteiger partial charge in [0.25, 0.3) is 11.5 Å². The Morgan fingerprint density at radius 3 is 2.61 bits per heavy atom. The molecule has 5 heterocycles. The molecule has 33 heavy (non-hydrogen) atoms. The van der Waals surface area contributed by atoms with Gasteiger partial charge < -0.3 is 23.5 Å². The van der Waals surface area contributed by atoms with Gasteiger partial charge in [0.15, 0.2) is 0 Å². The van der Waals surface area contributed by atoms with Crippen LogP contribution in [0.3, 0.4) is 0 Å². The van der Waals surface area contributed by atoms with Crippen LogP contribution in [0.25, 0.3) is 5.65 Å². The van der Waals surface area contributed by atoms with E-state index in [2.05, 4.69) is 5.10 Å². The van der Waals surface area contributed by atoms with Gasteiger partial charge in [0.05, 0.1) is 43.8 Å². The summed E-state index contributed by atoms with van der Waals surface area (Å²) in [7, 11) is 0. The Morgan fingerprint density at radius 1 is 1.18 bits per heavy atom. The van der Waals surface area contributed by atoms with Crippen molar-refractivity contribution in [1.82, 2.24) is 24.0 Å². The number of morpholine rings is 1. The molecule has 2 amide bonds. The van der Waals surface area contributed by atoms with E-state index in [0.717, 1.165) is 5.69 Å². The maximum Gasteiger partial charge on any atom is 0.280 e. The van der Waals surface area contributed by atoms with Crippen molar-refractivity contribution < 1.29 is 18.7 Å². The third kappa shape index (κ3) is 3.74. The summed E-state index contributed by atoms with van der Waals surface area (Å²) in [5, 5.41) is 4.56. The molecular weight excluding hydrogens is 426 g/mol. The number of rotatable bonds is 4. The Labute approximate surface area is 190 Å². The number of amides is 2. The summed E-state index contributed by atoms with van der Waals surface area (Å²) in [6, 6.07) is 5.34. The number of ether oxygens (including phenoxy) is 1. The van der Waals surface area contributed by atoms with E-state index >= 15 is 0 Å². The second-order valence-electron chi connectivity index (χ2n) is 9.50. The molecule has 0 bridgehead atoms. The quantitative estimate of drug-likeness (QED) is 0.592. The number of hydrogen-bond donors (Lipinski definition) is 0.